The molecule has 2 N–H and O–H groups in total. The predicted octanol–water partition coefficient (Wildman–Crippen LogP) is 1.25. The zero-order valence-electron chi connectivity index (χ0n) is 17.3. The summed E-state index contributed by atoms with van der Waals surface area (Å²) in [5.74, 6) is 0.597. The van der Waals surface area contributed by atoms with Crippen LogP contribution in [0.15, 0.2) is 24.3 Å². The first-order valence-corrected chi connectivity index (χ1v) is 11.5. The fourth-order valence-electron chi connectivity index (χ4n) is 7.46. The molecule has 6 aliphatic rings. The number of rotatable bonds is 3. The van der Waals surface area contributed by atoms with E-state index in [0.717, 1.165) is 36.6 Å². The van der Waals surface area contributed by atoms with Crippen molar-refractivity contribution in [3.63, 3.8) is 0 Å². The molecule has 3 aliphatic heterocycles. The van der Waals surface area contributed by atoms with Gasteiger partial charge >= 0.3 is 0 Å². The maximum absolute atomic E-state index is 12.5. The Labute approximate surface area is 180 Å². The first kappa shape index (κ1) is 18.2. The van der Waals surface area contributed by atoms with Crippen LogP contribution in [0.25, 0.3) is 0 Å². The highest BCUT2D eigenvalue weighted by Crippen LogP contribution is 2.66. The van der Waals surface area contributed by atoms with Crippen molar-refractivity contribution in [2.24, 2.45) is 5.92 Å². The van der Waals surface area contributed by atoms with Crippen LogP contribution in [0.1, 0.15) is 43.2 Å². The molecule has 3 fully saturated rings. The molecule has 2 saturated carbocycles. The van der Waals surface area contributed by atoms with Crippen molar-refractivity contribution in [3.05, 3.63) is 35.4 Å². The summed E-state index contributed by atoms with van der Waals surface area (Å²) in [4.78, 5) is 28.9. The van der Waals surface area contributed by atoms with Gasteiger partial charge in [-0.25, -0.2) is 0 Å². The molecule has 5 atom stereocenters. The minimum atomic E-state index is -1.01. The van der Waals surface area contributed by atoms with Crippen molar-refractivity contribution in [1.82, 2.24) is 9.80 Å². The average Bonchev–Trinajstić information content (AvgIpc) is 3.40. The number of piperidine rings is 1. The van der Waals surface area contributed by atoms with Gasteiger partial charge in [-0.3, -0.25) is 19.4 Å². The van der Waals surface area contributed by atoms with Gasteiger partial charge < -0.3 is 14.9 Å². The van der Waals surface area contributed by atoms with Gasteiger partial charge in [-0.05, 0) is 62.6 Å². The van der Waals surface area contributed by atoms with Gasteiger partial charge in [-0.1, -0.05) is 6.07 Å². The van der Waals surface area contributed by atoms with E-state index in [1.165, 1.54) is 29.9 Å². The molecule has 1 aromatic carbocycles. The van der Waals surface area contributed by atoms with Crippen LogP contribution in [-0.4, -0.2) is 68.7 Å². The molecule has 1 saturated heterocycles. The Morgan fingerprint density at radius 2 is 1.87 bits per heavy atom. The normalized spacial score (nSPS) is 40.3. The van der Waals surface area contributed by atoms with Gasteiger partial charge in [0, 0.05) is 30.3 Å². The number of hydrogen-bond acceptors (Lipinski definition) is 6. The molecule has 3 aliphatic carbocycles. The Hall–Kier alpha value is -2.38. The van der Waals surface area contributed by atoms with E-state index >= 15 is 0 Å². The van der Waals surface area contributed by atoms with E-state index in [-0.39, 0.29) is 23.6 Å². The largest absolute Gasteiger partial charge is 0.504 e. The summed E-state index contributed by atoms with van der Waals surface area (Å²) < 4.78 is 6.42. The monoisotopic (exact) mass is 422 g/mol. The summed E-state index contributed by atoms with van der Waals surface area (Å²) in [7, 11) is 0. The number of carbonyl (C=O) groups excluding carboxylic acids is 2. The van der Waals surface area contributed by atoms with Gasteiger partial charge in [-0.15, -0.1) is 0 Å². The topological polar surface area (TPSA) is 90.3 Å². The quantitative estimate of drug-likeness (QED) is 0.713. The SMILES string of the molecule is O=C1C=CC(=O)N1C1CCC2(O)C3Cc4ccc(O)c5c4C2(CCN3CC2CC2)C1O5. The molecule has 162 valence electrons. The van der Waals surface area contributed by atoms with Gasteiger partial charge in [0.1, 0.15) is 6.10 Å². The van der Waals surface area contributed by atoms with Crippen LogP contribution in [0, 0.1) is 5.92 Å². The van der Waals surface area contributed by atoms with Gasteiger partial charge in [-0.2, -0.15) is 0 Å². The molecule has 3 heterocycles. The second-order valence-electron chi connectivity index (χ2n) is 10.3. The fourth-order valence-corrected chi connectivity index (χ4v) is 7.46. The first-order valence-electron chi connectivity index (χ1n) is 11.5. The van der Waals surface area contributed by atoms with Crippen molar-refractivity contribution in [2.75, 3.05) is 13.1 Å². The molecule has 1 aromatic rings. The molecule has 0 aromatic heterocycles. The van der Waals surface area contributed by atoms with Crippen molar-refractivity contribution >= 4 is 11.8 Å². The van der Waals surface area contributed by atoms with Gasteiger partial charge in [0.15, 0.2) is 11.5 Å². The highest BCUT2D eigenvalue weighted by atomic mass is 16.5. The number of hydrogen-bond donors (Lipinski definition) is 2. The minimum Gasteiger partial charge on any atom is -0.504 e. The van der Waals surface area contributed by atoms with E-state index in [4.69, 9.17) is 4.74 Å². The molecular weight excluding hydrogens is 396 g/mol. The summed E-state index contributed by atoms with van der Waals surface area (Å²) in [5, 5.41) is 23.0. The van der Waals surface area contributed by atoms with Crippen molar-refractivity contribution in [1.29, 1.82) is 0 Å². The number of imide groups is 1. The molecule has 0 radical (unpaired) electrons. The molecule has 7 rings (SSSR count). The number of aromatic hydroxyl groups is 1. The molecule has 1 spiro atoms. The number of carbonyl (C=O) groups is 2. The number of nitrogens with zero attached hydrogens (tertiary/aromatic N) is 2. The lowest BCUT2D eigenvalue weighted by atomic mass is 9.48. The van der Waals surface area contributed by atoms with Crippen LogP contribution in [0.5, 0.6) is 11.5 Å². The fraction of sp³-hybridized carbons (Fsp3) is 0.583. The van der Waals surface area contributed by atoms with E-state index in [2.05, 4.69) is 4.90 Å². The summed E-state index contributed by atoms with van der Waals surface area (Å²) >= 11 is 0. The maximum Gasteiger partial charge on any atom is 0.254 e. The third kappa shape index (κ3) is 2.07. The molecule has 7 nitrogen and oxygen atoms in total. The van der Waals surface area contributed by atoms with Crippen LogP contribution in [0.4, 0.5) is 0 Å². The van der Waals surface area contributed by atoms with Gasteiger partial charge in [0.2, 0.25) is 0 Å². The third-order valence-electron chi connectivity index (χ3n) is 8.91. The smallest absolute Gasteiger partial charge is 0.254 e. The van der Waals surface area contributed by atoms with Crippen molar-refractivity contribution in [2.45, 2.75) is 67.7 Å². The number of likely N-dealkylation sites (tertiary alicyclic amines) is 1. The highest BCUT2D eigenvalue weighted by Gasteiger charge is 2.74. The number of aliphatic hydroxyl groups is 1. The maximum atomic E-state index is 12.5. The van der Waals surface area contributed by atoms with E-state index in [1.807, 2.05) is 6.07 Å². The zero-order valence-corrected chi connectivity index (χ0v) is 17.3. The Balaban J connectivity index is 1.40. The zero-order chi connectivity index (χ0) is 21.1. The summed E-state index contributed by atoms with van der Waals surface area (Å²) in [6.07, 6.45) is 7.05. The predicted molar refractivity (Wildman–Crippen MR) is 110 cm³/mol. The summed E-state index contributed by atoms with van der Waals surface area (Å²) in [5.41, 5.74) is 0.306. The third-order valence-corrected chi connectivity index (χ3v) is 8.91. The van der Waals surface area contributed by atoms with Crippen molar-refractivity contribution in [3.8, 4) is 11.5 Å². The second kappa shape index (κ2) is 5.70. The lowest BCUT2D eigenvalue weighted by Crippen LogP contribution is -2.78. The first-order chi connectivity index (χ1) is 14.9. The van der Waals surface area contributed by atoms with Gasteiger partial charge in [0.25, 0.3) is 11.8 Å². The Morgan fingerprint density at radius 1 is 1.10 bits per heavy atom. The minimum absolute atomic E-state index is 0.0139. The molecule has 2 bridgehead atoms. The Bertz CT molecular complexity index is 1050. The number of phenolic OH excluding ortho intramolecular Hbond substituents is 1. The van der Waals surface area contributed by atoms with Crippen LogP contribution in [-0.2, 0) is 21.4 Å². The van der Waals surface area contributed by atoms with E-state index in [0.29, 0.717) is 25.0 Å². The van der Waals surface area contributed by atoms with E-state index < -0.39 is 23.2 Å². The van der Waals surface area contributed by atoms with Crippen LogP contribution >= 0.6 is 0 Å². The molecular formula is C24H26N2O5. The number of phenols is 1. The summed E-state index contributed by atoms with van der Waals surface area (Å²) in [6, 6.07) is 3.17. The standard InChI is InChI=1S/C24H26N2O5/c27-16-4-3-14-11-17-24(30)8-7-15(26-18(28)5-6-19(26)29)22-23(24,20(14)21(16)31-22)9-10-25(17)12-13-1-2-13/h3-6,13,15,17,22,27,30H,1-2,7-12H2. The van der Waals surface area contributed by atoms with Gasteiger partial charge in [0.05, 0.1) is 17.1 Å². The molecule has 2 amide bonds. The van der Waals surface area contributed by atoms with Crippen LogP contribution in [0.3, 0.4) is 0 Å². The van der Waals surface area contributed by atoms with Crippen molar-refractivity contribution < 1.29 is 24.5 Å². The Kier molecular flexibility index (Phi) is 3.35. The Morgan fingerprint density at radius 3 is 2.61 bits per heavy atom. The molecule has 7 heteroatoms. The lowest BCUT2D eigenvalue weighted by Gasteiger charge is -2.64. The lowest BCUT2D eigenvalue weighted by molar-refractivity contribution is -0.201. The van der Waals surface area contributed by atoms with E-state index in [9.17, 15) is 19.8 Å². The molecule has 5 unspecified atom stereocenters. The number of ether oxygens (including phenoxy) is 1. The number of amides is 2. The molecule has 31 heavy (non-hydrogen) atoms. The van der Waals surface area contributed by atoms with Crippen LogP contribution < -0.4 is 4.74 Å². The van der Waals surface area contributed by atoms with Crippen LogP contribution in [0.2, 0.25) is 0 Å². The highest BCUT2D eigenvalue weighted by molar-refractivity contribution is 6.13. The second-order valence-corrected chi connectivity index (χ2v) is 10.3. The average molecular weight is 422 g/mol. The van der Waals surface area contributed by atoms with E-state index in [1.54, 1.807) is 6.07 Å². The summed E-state index contributed by atoms with van der Waals surface area (Å²) in [6.45, 7) is 1.87. The number of benzene rings is 1.